The molecule has 0 heterocycles. The van der Waals surface area contributed by atoms with Crippen LogP contribution in [0.25, 0.3) is 0 Å². The van der Waals surface area contributed by atoms with Crippen molar-refractivity contribution >= 4 is 6.21 Å². The number of phenolic OH excluding ortho intramolecular Hbond substituents is 1. The fraction of sp³-hybridized carbons (Fsp3) is 0.417. The number of nitrogens with zero attached hydrogens (tertiary/aromatic N) is 1. The molecule has 0 bridgehead atoms. The topological polar surface area (TPSA) is 41.8 Å². The average Bonchev–Trinajstić information content (AvgIpc) is 2.25. The molecule has 15 heavy (non-hydrogen) atoms. The van der Waals surface area contributed by atoms with Gasteiger partial charge < -0.3 is 9.94 Å². The Kier molecular flexibility index (Phi) is 5.30. The van der Waals surface area contributed by atoms with Crippen molar-refractivity contribution in [2.45, 2.75) is 26.2 Å². The third-order valence-electron chi connectivity index (χ3n) is 2.04. The van der Waals surface area contributed by atoms with Crippen molar-refractivity contribution in [3.05, 3.63) is 29.8 Å². The zero-order valence-corrected chi connectivity index (χ0v) is 9.02. The SMILES string of the molecule is CCCCCON=Cc1ccccc1O. The summed E-state index contributed by atoms with van der Waals surface area (Å²) in [5.74, 6) is 0.221. The van der Waals surface area contributed by atoms with Crippen molar-refractivity contribution in [3.8, 4) is 5.75 Å². The van der Waals surface area contributed by atoms with E-state index in [4.69, 9.17) is 4.84 Å². The van der Waals surface area contributed by atoms with Gasteiger partial charge in [0.15, 0.2) is 0 Å². The smallest absolute Gasteiger partial charge is 0.124 e. The molecule has 3 heteroatoms. The highest BCUT2D eigenvalue weighted by Crippen LogP contribution is 2.12. The summed E-state index contributed by atoms with van der Waals surface area (Å²) in [6.45, 7) is 2.78. The fourth-order valence-electron chi connectivity index (χ4n) is 1.16. The second kappa shape index (κ2) is 6.87. The maximum Gasteiger partial charge on any atom is 0.124 e. The van der Waals surface area contributed by atoms with Crippen LogP contribution in [0.3, 0.4) is 0 Å². The van der Waals surface area contributed by atoms with Crippen LogP contribution in [0, 0.1) is 0 Å². The molecule has 0 aliphatic rings. The van der Waals surface area contributed by atoms with Crippen LogP contribution in [-0.2, 0) is 4.84 Å². The van der Waals surface area contributed by atoms with Crippen molar-refractivity contribution in [2.24, 2.45) is 5.16 Å². The maximum atomic E-state index is 9.40. The summed E-state index contributed by atoms with van der Waals surface area (Å²) in [4.78, 5) is 5.05. The predicted octanol–water partition coefficient (Wildman–Crippen LogP) is 2.93. The molecular formula is C12H17NO2. The second-order valence-corrected chi connectivity index (χ2v) is 3.33. The lowest BCUT2D eigenvalue weighted by Crippen LogP contribution is -1.89. The van der Waals surface area contributed by atoms with E-state index < -0.39 is 0 Å². The maximum absolute atomic E-state index is 9.40. The molecule has 0 amide bonds. The van der Waals surface area contributed by atoms with Crippen molar-refractivity contribution < 1.29 is 9.94 Å². The Hall–Kier alpha value is -1.51. The molecule has 0 saturated heterocycles. The van der Waals surface area contributed by atoms with E-state index in [1.807, 2.05) is 6.07 Å². The lowest BCUT2D eigenvalue weighted by molar-refractivity contribution is 0.141. The van der Waals surface area contributed by atoms with Gasteiger partial charge in [-0.25, -0.2) is 0 Å². The van der Waals surface area contributed by atoms with Crippen molar-refractivity contribution in [1.29, 1.82) is 0 Å². The molecule has 0 aromatic heterocycles. The van der Waals surface area contributed by atoms with E-state index in [1.54, 1.807) is 18.2 Å². The number of oxime groups is 1. The monoisotopic (exact) mass is 207 g/mol. The van der Waals surface area contributed by atoms with E-state index in [0.29, 0.717) is 12.2 Å². The van der Waals surface area contributed by atoms with Crippen molar-refractivity contribution in [3.63, 3.8) is 0 Å². The summed E-state index contributed by atoms with van der Waals surface area (Å²) in [5, 5.41) is 13.2. The van der Waals surface area contributed by atoms with Crippen LogP contribution >= 0.6 is 0 Å². The number of benzene rings is 1. The zero-order chi connectivity index (χ0) is 10.9. The Morgan fingerprint density at radius 1 is 1.33 bits per heavy atom. The molecule has 0 aliphatic carbocycles. The molecule has 0 saturated carbocycles. The number of hydrogen-bond donors (Lipinski definition) is 1. The van der Waals surface area contributed by atoms with Gasteiger partial charge in [0.1, 0.15) is 12.4 Å². The fourth-order valence-corrected chi connectivity index (χ4v) is 1.16. The highest BCUT2D eigenvalue weighted by Gasteiger charge is 1.94. The molecule has 0 aliphatic heterocycles. The summed E-state index contributed by atoms with van der Waals surface area (Å²) >= 11 is 0. The number of unbranched alkanes of at least 4 members (excludes halogenated alkanes) is 2. The van der Waals surface area contributed by atoms with Crippen molar-refractivity contribution in [1.82, 2.24) is 0 Å². The minimum Gasteiger partial charge on any atom is -0.507 e. The number of hydrogen-bond acceptors (Lipinski definition) is 3. The van der Waals surface area contributed by atoms with Crippen LogP contribution in [-0.4, -0.2) is 17.9 Å². The molecule has 1 aromatic carbocycles. The number of para-hydroxylation sites is 1. The van der Waals surface area contributed by atoms with Crippen LogP contribution in [0.2, 0.25) is 0 Å². The van der Waals surface area contributed by atoms with E-state index in [0.717, 1.165) is 12.8 Å². The molecule has 0 atom stereocenters. The molecule has 0 radical (unpaired) electrons. The van der Waals surface area contributed by atoms with Crippen LogP contribution in [0.4, 0.5) is 0 Å². The van der Waals surface area contributed by atoms with Gasteiger partial charge in [0.2, 0.25) is 0 Å². The molecule has 82 valence electrons. The lowest BCUT2D eigenvalue weighted by atomic mass is 10.2. The lowest BCUT2D eigenvalue weighted by Gasteiger charge is -1.98. The molecule has 1 aromatic rings. The Morgan fingerprint density at radius 2 is 2.13 bits per heavy atom. The molecule has 0 fully saturated rings. The molecule has 0 spiro atoms. The minimum absolute atomic E-state index is 0.221. The highest BCUT2D eigenvalue weighted by atomic mass is 16.6. The second-order valence-electron chi connectivity index (χ2n) is 3.33. The van der Waals surface area contributed by atoms with Gasteiger partial charge in [-0.1, -0.05) is 37.1 Å². The normalized spacial score (nSPS) is 10.7. The first-order chi connectivity index (χ1) is 7.34. The first-order valence-corrected chi connectivity index (χ1v) is 5.28. The molecular weight excluding hydrogens is 190 g/mol. The van der Waals surface area contributed by atoms with Gasteiger partial charge in [-0.05, 0) is 18.6 Å². The van der Waals surface area contributed by atoms with Gasteiger partial charge in [-0.15, -0.1) is 0 Å². The van der Waals surface area contributed by atoms with Gasteiger partial charge in [0.25, 0.3) is 0 Å². The van der Waals surface area contributed by atoms with E-state index >= 15 is 0 Å². The minimum atomic E-state index is 0.221. The summed E-state index contributed by atoms with van der Waals surface area (Å²) in [5.41, 5.74) is 0.674. The van der Waals surface area contributed by atoms with Gasteiger partial charge in [-0.3, -0.25) is 0 Å². The zero-order valence-electron chi connectivity index (χ0n) is 9.02. The molecule has 1 N–H and O–H groups in total. The summed E-state index contributed by atoms with van der Waals surface area (Å²) in [6, 6.07) is 7.03. The third-order valence-corrected chi connectivity index (χ3v) is 2.04. The van der Waals surface area contributed by atoms with E-state index in [2.05, 4.69) is 12.1 Å². The highest BCUT2D eigenvalue weighted by molar-refractivity contribution is 5.82. The van der Waals surface area contributed by atoms with Gasteiger partial charge in [0.05, 0.1) is 6.21 Å². The number of phenols is 1. The quantitative estimate of drug-likeness (QED) is 0.442. The first kappa shape index (κ1) is 11.6. The van der Waals surface area contributed by atoms with E-state index in [1.165, 1.54) is 12.6 Å². The third kappa shape index (κ3) is 4.49. The van der Waals surface area contributed by atoms with Crippen LogP contribution < -0.4 is 0 Å². The summed E-state index contributed by atoms with van der Waals surface area (Å²) in [7, 11) is 0. The van der Waals surface area contributed by atoms with Gasteiger partial charge in [0, 0.05) is 5.56 Å². The largest absolute Gasteiger partial charge is 0.507 e. The Morgan fingerprint density at radius 3 is 2.87 bits per heavy atom. The summed E-state index contributed by atoms with van der Waals surface area (Å²) in [6.07, 6.45) is 4.88. The van der Waals surface area contributed by atoms with Crippen molar-refractivity contribution in [2.75, 3.05) is 6.61 Å². The number of aromatic hydroxyl groups is 1. The predicted molar refractivity (Wildman–Crippen MR) is 61.2 cm³/mol. The van der Waals surface area contributed by atoms with Gasteiger partial charge >= 0.3 is 0 Å². The number of rotatable bonds is 6. The molecule has 3 nitrogen and oxygen atoms in total. The summed E-state index contributed by atoms with van der Waals surface area (Å²) < 4.78 is 0. The van der Waals surface area contributed by atoms with Crippen LogP contribution in [0.5, 0.6) is 5.75 Å². The van der Waals surface area contributed by atoms with Crippen LogP contribution in [0.15, 0.2) is 29.4 Å². The Balaban J connectivity index is 2.29. The van der Waals surface area contributed by atoms with Gasteiger partial charge in [-0.2, -0.15) is 0 Å². The first-order valence-electron chi connectivity index (χ1n) is 5.28. The van der Waals surface area contributed by atoms with E-state index in [-0.39, 0.29) is 5.75 Å². The Bertz CT molecular complexity index is 310. The average molecular weight is 207 g/mol. The van der Waals surface area contributed by atoms with Crippen LogP contribution in [0.1, 0.15) is 31.7 Å². The van der Waals surface area contributed by atoms with E-state index in [9.17, 15) is 5.11 Å². The standard InChI is InChI=1S/C12H17NO2/c1-2-3-6-9-15-13-10-11-7-4-5-8-12(11)14/h4-5,7-8,10,14H,2-3,6,9H2,1H3. The molecule has 1 rings (SSSR count). The molecule has 0 unspecified atom stereocenters. The Labute approximate surface area is 90.4 Å².